The normalized spacial score (nSPS) is 10.9. The lowest BCUT2D eigenvalue weighted by molar-refractivity contribution is 0.414. The Labute approximate surface area is 138 Å². The van der Waals surface area contributed by atoms with Crippen molar-refractivity contribution in [2.24, 2.45) is 0 Å². The van der Waals surface area contributed by atoms with E-state index < -0.39 is 0 Å². The third-order valence-corrected chi connectivity index (χ3v) is 4.07. The van der Waals surface area contributed by atoms with Crippen LogP contribution in [-0.2, 0) is 6.42 Å². The molecule has 7 heteroatoms. The van der Waals surface area contributed by atoms with E-state index in [1.165, 1.54) is 0 Å². The summed E-state index contributed by atoms with van der Waals surface area (Å²) in [6, 6.07) is 7.79. The Balaban J connectivity index is 2.09. The largest absolute Gasteiger partial charge is 0.497 e. The van der Waals surface area contributed by atoms with Gasteiger partial charge in [-0.1, -0.05) is 23.7 Å². The van der Waals surface area contributed by atoms with Gasteiger partial charge in [0, 0.05) is 6.42 Å². The van der Waals surface area contributed by atoms with Crippen LogP contribution in [0.1, 0.15) is 16.7 Å². The Morgan fingerprint density at radius 2 is 1.78 bits per heavy atom. The number of rotatable bonds is 3. The third-order valence-electron chi connectivity index (χ3n) is 3.76. The first-order valence-electron chi connectivity index (χ1n) is 7.00. The number of hydrogen-bond acceptors (Lipinski definition) is 6. The summed E-state index contributed by atoms with van der Waals surface area (Å²) in [7, 11) is 1.64. The number of methoxy groups -OCH3 is 1. The first-order valence-corrected chi connectivity index (χ1v) is 7.38. The van der Waals surface area contributed by atoms with E-state index in [9.17, 15) is 0 Å². The SMILES string of the molecule is COc1ccc(Cc2c(Cl)nc3nc(N)nc(N)c3c2C)cc1. The molecule has 0 unspecified atom stereocenters. The number of nitrogen functional groups attached to an aromatic ring is 2. The molecule has 0 atom stereocenters. The standard InChI is InChI=1S/C16H16ClN5O/c1-8-11(7-9-3-5-10(23-2)6-4-9)13(17)20-15-12(8)14(18)21-16(19)22-15/h3-6H,7H2,1-2H3,(H4,18,19,20,21,22). The molecule has 6 nitrogen and oxygen atoms in total. The topological polar surface area (TPSA) is 99.9 Å². The first kappa shape index (κ1) is 15.3. The number of aryl methyl sites for hydroxylation is 1. The Morgan fingerprint density at radius 3 is 2.43 bits per heavy atom. The fraction of sp³-hybridized carbons (Fsp3) is 0.188. The number of anilines is 2. The Morgan fingerprint density at radius 1 is 1.09 bits per heavy atom. The maximum atomic E-state index is 6.34. The third kappa shape index (κ3) is 2.85. The summed E-state index contributed by atoms with van der Waals surface area (Å²) in [5, 5.41) is 1.08. The lowest BCUT2D eigenvalue weighted by atomic mass is 10.00. The molecule has 0 fully saturated rings. The van der Waals surface area contributed by atoms with Crippen molar-refractivity contribution in [2.75, 3.05) is 18.6 Å². The van der Waals surface area contributed by atoms with Gasteiger partial charge >= 0.3 is 0 Å². The van der Waals surface area contributed by atoms with Crippen molar-refractivity contribution in [1.29, 1.82) is 0 Å². The van der Waals surface area contributed by atoms with E-state index in [0.29, 0.717) is 28.4 Å². The van der Waals surface area contributed by atoms with Crippen molar-refractivity contribution in [2.45, 2.75) is 13.3 Å². The highest BCUT2D eigenvalue weighted by molar-refractivity contribution is 6.30. The molecule has 0 aliphatic carbocycles. The summed E-state index contributed by atoms with van der Waals surface area (Å²) in [4.78, 5) is 12.4. The zero-order chi connectivity index (χ0) is 16.6. The number of aromatic nitrogens is 3. The number of fused-ring (bicyclic) bond motifs is 1. The smallest absolute Gasteiger partial charge is 0.224 e. The molecule has 0 bridgehead atoms. The fourth-order valence-electron chi connectivity index (χ4n) is 2.54. The Bertz CT molecular complexity index is 880. The van der Waals surface area contributed by atoms with Crippen LogP contribution in [-0.4, -0.2) is 22.1 Å². The monoisotopic (exact) mass is 329 g/mol. The molecule has 0 aliphatic rings. The highest BCUT2D eigenvalue weighted by Gasteiger charge is 2.15. The van der Waals surface area contributed by atoms with Crippen molar-refractivity contribution in [3.63, 3.8) is 0 Å². The van der Waals surface area contributed by atoms with Gasteiger partial charge in [-0.05, 0) is 35.7 Å². The van der Waals surface area contributed by atoms with Gasteiger partial charge in [0.15, 0.2) is 5.65 Å². The Hall–Kier alpha value is -2.60. The predicted molar refractivity (Wildman–Crippen MR) is 91.7 cm³/mol. The number of nitrogens with two attached hydrogens (primary N) is 2. The summed E-state index contributed by atoms with van der Waals surface area (Å²) in [5.41, 5.74) is 14.9. The molecular weight excluding hydrogens is 314 g/mol. The summed E-state index contributed by atoms with van der Waals surface area (Å²) in [5.74, 6) is 1.20. The molecule has 118 valence electrons. The van der Waals surface area contributed by atoms with Crippen molar-refractivity contribution in [1.82, 2.24) is 15.0 Å². The molecule has 0 amide bonds. The molecule has 0 spiro atoms. The minimum atomic E-state index is 0.0841. The van der Waals surface area contributed by atoms with Gasteiger partial charge in [-0.25, -0.2) is 4.98 Å². The van der Waals surface area contributed by atoms with E-state index in [2.05, 4.69) is 15.0 Å². The van der Waals surface area contributed by atoms with Crippen LogP contribution in [0.5, 0.6) is 5.75 Å². The van der Waals surface area contributed by atoms with E-state index >= 15 is 0 Å². The molecule has 2 heterocycles. The van der Waals surface area contributed by atoms with E-state index in [0.717, 1.165) is 22.4 Å². The molecule has 3 rings (SSSR count). The van der Waals surface area contributed by atoms with Gasteiger partial charge in [0.2, 0.25) is 5.95 Å². The highest BCUT2D eigenvalue weighted by Crippen LogP contribution is 2.30. The average molecular weight is 330 g/mol. The molecule has 0 aliphatic heterocycles. The molecule has 4 N–H and O–H groups in total. The number of pyridine rings is 1. The fourth-order valence-corrected chi connectivity index (χ4v) is 2.83. The number of benzene rings is 1. The zero-order valence-corrected chi connectivity index (χ0v) is 13.6. The van der Waals surface area contributed by atoms with E-state index in [-0.39, 0.29) is 5.95 Å². The van der Waals surface area contributed by atoms with E-state index in [4.69, 9.17) is 27.8 Å². The first-order chi connectivity index (χ1) is 11.0. The van der Waals surface area contributed by atoms with Crippen molar-refractivity contribution in [3.8, 4) is 5.75 Å². The van der Waals surface area contributed by atoms with Crippen molar-refractivity contribution < 1.29 is 4.74 Å². The van der Waals surface area contributed by atoms with Gasteiger partial charge in [0.25, 0.3) is 0 Å². The van der Waals surface area contributed by atoms with Gasteiger partial charge in [0.05, 0.1) is 12.5 Å². The van der Waals surface area contributed by atoms with Gasteiger partial charge < -0.3 is 16.2 Å². The predicted octanol–water partition coefficient (Wildman–Crippen LogP) is 2.75. The summed E-state index contributed by atoms with van der Waals surface area (Å²) < 4.78 is 5.17. The molecule has 1 aromatic carbocycles. The van der Waals surface area contributed by atoms with Crippen LogP contribution < -0.4 is 16.2 Å². The van der Waals surface area contributed by atoms with Crippen LogP contribution >= 0.6 is 11.6 Å². The van der Waals surface area contributed by atoms with Gasteiger partial charge in [0.1, 0.15) is 16.7 Å². The summed E-state index contributed by atoms with van der Waals surface area (Å²) in [6.45, 7) is 1.94. The van der Waals surface area contributed by atoms with E-state index in [1.54, 1.807) is 7.11 Å². The van der Waals surface area contributed by atoms with Crippen LogP contribution in [0.3, 0.4) is 0 Å². The van der Waals surface area contributed by atoms with Crippen LogP contribution in [0.4, 0.5) is 11.8 Å². The second kappa shape index (κ2) is 5.89. The maximum Gasteiger partial charge on any atom is 0.224 e. The average Bonchev–Trinajstić information content (AvgIpc) is 2.51. The second-order valence-electron chi connectivity index (χ2n) is 5.20. The minimum Gasteiger partial charge on any atom is -0.497 e. The quantitative estimate of drug-likeness (QED) is 0.717. The molecule has 0 saturated heterocycles. The van der Waals surface area contributed by atoms with Crippen LogP contribution in [0.25, 0.3) is 11.0 Å². The maximum absolute atomic E-state index is 6.34. The summed E-state index contributed by atoms with van der Waals surface area (Å²) >= 11 is 6.34. The summed E-state index contributed by atoms with van der Waals surface area (Å²) in [6.07, 6.45) is 0.626. The second-order valence-corrected chi connectivity index (χ2v) is 5.55. The zero-order valence-electron chi connectivity index (χ0n) is 12.8. The molecular formula is C16H16ClN5O. The van der Waals surface area contributed by atoms with Crippen LogP contribution in [0.2, 0.25) is 5.15 Å². The number of nitrogens with zero attached hydrogens (tertiary/aromatic N) is 3. The molecule has 2 aromatic heterocycles. The molecule has 23 heavy (non-hydrogen) atoms. The molecule has 3 aromatic rings. The van der Waals surface area contributed by atoms with Crippen LogP contribution in [0.15, 0.2) is 24.3 Å². The highest BCUT2D eigenvalue weighted by atomic mass is 35.5. The number of ether oxygens (including phenoxy) is 1. The number of halogens is 1. The van der Waals surface area contributed by atoms with Crippen molar-refractivity contribution >= 4 is 34.4 Å². The molecule has 0 saturated carbocycles. The van der Waals surface area contributed by atoms with Crippen LogP contribution in [0, 0.1) is 6.92 Å². The lowest BCUT2D eigenvalue weighted by Gasteiger charge is -2.12. The van der Waals surface area contributed by atoms with Gasteiger partial charge in [-0.15, -0.1) is 0 Å². The van der Waals surface area contributed by atoms with E-state index in [1.807, 2.05) is 31.2 Å². The minimum absolute atomic E-state index is 0.0841. The molecule has 0 radical (unpaired) electrons. The Kier molecular flexibility index (Phi) is 3.92. The van der Waals surface area contributed by atoms with Gasteiger partial charge in [-0.3, -0.25) is 0 Å². The van der Waals surface area contributed by atoms with Gasteiger partial charge in [-0.2, -0.15) is 9.97 Å². The van der Waals surface area contributed by atoms with Crippen molar-refractivity contribution in [3.05, 3.63) is 46.1 Å². The lowest BCUT2D eigenvalue weighted by Crippen LogP contribution is -2.05. The number of hydrogen-bond donors (Lipinski definition) is 2.